The van der Waals surface area contributed by atoms with E-state index >= 15 is 0 Å². The molecule has 5 aromatic rings. The van der Waals surface area contributed by atoms with E-state index in [0.717, 1.165) is 22.9 Å². The molecule has 0 bridgehead atoms. The summed E-state index contributed by atoms with van der Waals surface area (Å²) in [6.45, 7) is 0. The molecule has 0 fully saturated rings. The van der Waals surface area contributed by atoms with Crippen LogP contribution in [0.25, 0.3) is 38.5 Å². The Balaban J connectivity index is 1.88. The molecule has 0 aliphatic carbocycles. The molecule has 0 saturated carbocycles. The summed E-state index contributed by atoms with van der Waals surface area (Å²) in [5.74, 6) is -0.487. The largest absolute Gasteiger partial charge is 0.507 e. The second-order valence-electron chi connectivity index (χ2n) is 7.65. The van der Waals surface area contributed by atoms with Gasteiger partial charge in [-0.25, -0.2) is 0 Å². The van der Waals surface area contributed by atoms with Crippen LogP contribution in [0, 0.1) is 10.1 Å². The van der Waals surface area contributed by atoms with Gasteiger partial charge in [-0.1, -0.05) is 30.3 Å². The second-order valence-corrected chi connectivity index (χ2v) is 9.04. The summed E-state index contributed by atoms with van der Waals surface area (Å²) in [6, 6.07) is 18.4. The Morgan fingerprint density at radius 3 is 2.32 bits per heavy atom. The van der Waals surface area contributed by atoms with E-state index in [1.54, 1.807) is 35.0 Å². The molecule has 4 aromatic carbocycles. The predicted octanol–water partition coefficient (Wildman–Crippen LogP) is 5.02. The topological polar surface area (TPSA) is 143 Å². The number of hydrogen-bond donors (Lipinski definition) is 3. The molecule has 0 aliphatic rings. The third-order valence-electron chi connectivity index (χ3n) is 5.68. The van der Waals surface area contributed by atoms with Crippen molar-refractivity contribution in [1.82, 2.24) is 4.57 Å². The first kappa shape index (κ1) is 21.4. The Hall–Kier alpha value is -4.41. The quantitative estimate of drug-likeness (QED) is 0.188. The normalized spacial score (nSPS) is 11.8. The van der Waals surface area contributed by atoms with Gasteiger partial charge in [-0.15, -0.1) is 0 Å². The Bertz CT molecular complexity index is 1740. The standard InChI is InChI=1S/C24H16N2O7S/c27-20-10-7-14-4-1-2-5-16(14)24(20)25-11-3-6-19(25)23-17-9-8-15(26(29)30)12-18(17)22(13-21(23)28)34(31,32)33/h1-13,27-28H,(H,31,32,33). The van der Waals surface area contributed by atoms with E-state index in [-0.39, 0.29) is 27.8 Å². The summed E-state index contributed by atoms with van der Waals surface area (Å²) in [7, 11) is -4.81. The average Bonchev–Trinajstić information content (AvgIpc) is 3.26. The van der Waals surface area contributed by atoms with Crippen LogP contribution in [-0.4, -0.2) is 32.7 Å². The van der Waals surface area contributed by atoms with Gasteiger partial charge in [0.15, 0.2) is 0 Å². The van der Waals surface area contributed by atoms with Crippen molar-refractivity contribution in [3.05, 3.63) is 89.1 Å². The van der Waals surface area contributed by atoms with Crippen LogP contribution in [0.1, 0.15) is 0 Å². The van der Waals surface area contributed by atoms with Gasteiger partial charge in [0, 0.05) is 40.7 Å². The minimum atomic E-state index is -4.81. The van der Waals surface area contributed by atoms with Crippen molar-refractivity contribution in [1.29, 1.82) is 0 Å². The Labute approximate surface area is 192 Å². The summed E-state index contributed by atoms with van der Waals surface area (Å²) in [5.41, 5.74) is 0.627. The van der Waals surface area contributed by atoms with Gasteiger partial charge in [-0.3, -0.25) is 14.7 Å². The predicted molar refractivity (Wildman–Crippen MR) is 126 cm³/mol. The number of nitro groups is 1. The lowest BCUT2D eigenvalue weighted by Gasteiger charge is -2.17. The van der Waals surface area contributed by atoms with Crippen molar-refractivity contribution in [3.8, 4) is 28.4 Å². The number of phenolic OH excluding ortho intramolecular Hbond substituents is 2. The zero-order valence-corrected chi connectivity index (χ0v) is 18.1. The molecule has 170 valence electrons. The molecule has 34 heavy (non-hydrogen) atoms. The van der Waals surface area contributed by atoms with Crippen LogP contribution in [-0.2, 0) is 10.1 Å². The van der Waals surface area contributed by atoms with Crippen molar-refractivity contribution in [2.45, 2.75) is 4.90 Å². The summed E-state index contributed by atoms with van der Waals surface area (Å²) >= 11 is 0. The van der Waals surface area contributed by atoms with Gasteiger partial charge < -0.3 is 14.8 Å². The molecule has 9 nitrogen and oxygen atoms in total. The van der Waals surface area contributed by atoms with E-state index in [0.29, 0.717) is 11.4 Å². The molecular weight excluding hydrogens is 460 g/mol. The monoisotopic (exact) mass is 476 g/mol. The number of nitrogens with zero attached hydrogens (tertiary/aromatic N) is 2. The van der Waals surface area contributed by atoms with Crippen molar-refractivity contribution in [3.63, 3.8) is 0 Å². The highest BCUT2D eigenvalue weighted by Crippen LogP contribution is 2.43. The van der Waals surface area contributed by atoms with Crippen LogP contribution in [0.4, 0.5) is 5.69 Å². The highest BCUT2D eigenvalue weighted by atomic mass is 32.2. The molecule has 1 heterocycles. The number of non-ortho nitro benzene ring substituents is 1. The van der Waals surface area contributed by atoms with E-state index < -0.39 is 25.7 Å². The molecular formula is C24H16N2O7S. The van der Waals surface area contributed by atoms with E-state index in [9.17, 15) is 33.3 Å². The second kappa shape index (κ2) is 7.58. The van der Waals surface area contributed by atoms with Gasteiger partial charge in [0.25, 0.3) is 15.8 Å². The molecule has 0 unspecified atom stereocenters. The first-order valence-corrected chi connectivity index (χ1v) is 11.4. The van der Waals surface area contributed by atoms with E-state index in [2.05, 4.69) is 0 Å². The van der Waals surface area contributed by atoms with Crippen LogP contribution in [0.15, 0.2) is 83.9 Å². The molecule has 0 atom stereocenters. The molecule has 5 rings (SSSR count). The first-order chi connectivity index (χ1) is 16.2. The van der Waals surface area contributed by atoms with Gasteiger partial charge in [0.05, 0.1) is 16.3 Å². The van der Waals surface area contributed by atoms with Crippen LogP contribution >= 0.6 is 0 Å². The number of aromatic hydroxyl groups is 2. The van der Waals surface area contributed by atoms with Crippen LogP contribution in [0.2, 0.25) is 0 Å². The first-order valence-electron chi connectivity index (χ1n) is 9.97. The van der Waals surface area contributed by atoms with E-state index in [4.69, 9.17) is 0 Å². The van der Waals surface area contributed by atoms with Gasteiger partial charge in [0.1, 0.15) is 16.4 Å². The molecule has 0 radical (unpaired) electrons. The van der Waals surface area contributed by atoms with Crippen molar-refractivity contribution in [2.75, 3.05) is 0 Å². The van der Waals surface area contributed by atoms with Gasteiger partial charge >= 0.3 is 0 Å². The molecule has 3 N–H and O–H groups in total. The zero-order valence-electron chi connectivity index (χ0n) is 17.3. The molecule has 1 aromatic heterocycles. The number of hydrogen-bond acceptors (Lipinski definition) is 6. The van der Waals surface area contributed by atoms with Gasteiger partial charge in [-0.2, -0.15) is 8.42 Å². The maximum absolute atomic E-state index is 12.0. The van der Waals surface area contributed by atoms with Crippen molar-refractivity contribution in [2.24, 2.45) is 0 Å². The SMILES string of the molecule is O=[N+]([O-])c1ccc2c(-c3cccn3-c3c(O)ccc4ccccc34)c(O)cc(S(=O)(=O)O)c2c1. The Kier molecular flexibility index (Phi) is 4.78. The number of rotatable bonds is 4. The smallest absolute Gasteiger partial charge is 0.295 e. The zero-order chi connectivity index (χ0) is 24.2. The van der Waals surface area contributed by atoms with Gasteiger partial charge in [0.2, 0.25) is 0 Å². The van der Waals surface area contributed by atoms with Crippen molar-refractivity contribution >= 4 is 37.4 Å². The fourth-order valence-corrected chi connectivity index (χ4v) is 4.95. The molecule has 0 aliphatic heterocycles. The average molecular weight is 476 g/mol. The maximum Gasteiger partial charge on any atom is 0.295 e. The lowest BCUT2D eigenvalue weighted by Crippen LogP contribution is -2.02. The minimum Gasteiger partial charge on any atom is -0.507 e. The number of benzene rings is 4. The highest BCUT2D eigenvalue weighted by Gasteiger charge is 2.24. The summed E-state index contributed by atoms with van der Waals surface area (Å²) in [5, 5.41) is 34.5. The summed E-state index contributed by atoms with van der Waals surface area (Å²) < 4.78 is 35.3. The molecule has 0 spiro atoms. The highest BCUT2D eigenvalue weighted by molar-refractivity contribution is 7.86. The van der Waals surface area contributed by atoms with Gasteiger partial charge in [-0.05, 0) is 35.0 Å². The third-order valence-corrected chi connectivity index (χ3v) is 6.57. The molecule has 0 amide bonds. The lowest BCUT2D eigenvalue weighted by atomic mass is 9.99. The summed E-state index contributed by atoms with van der Waals surface area (Å²) in [6.07, 6.45) is 1.67. The third kappa shape index (κ3) is 3.33. The van der Waals surface area contributed by atoms with E-state index in [1.165, 1.54) is 12.1 Å². The van der Waals surface area contributed by atoms with E-state index in [1.807, 2.05) is 24.3 Å². The lowest BCUT2D eigenvalue weighted by molar-refractivity contribution is -0.384. The number of aromatic nitrogens is 1. The maximum atomic E-state index is 12.0. The fraction of sp³-hybridized carbons (Fsp3) is 0. The number of nitro benzene ring substituents is 1. The minimum absolute atomic E-state index is 0.0230. The Morgan fingerprint density at radius 1 is 0.824 bits per heavy atom. The number of phenols is 2. The molecule has 10 heteroatoms. The van der Waals surface area contributed by atoms with Crippen molar-refractivity contribution < 1.29 is 28.1 Å². The van der Waals surface area contributed by atoms with Crippen LogP contribution in [0.3, 0.4) is 0 Å². The van der Waals surface area contributed by atoms with Crippen LogP contribution < -0.4 is 0 Å². The summed E-state index contributed by atoms with van der Waals surface area (Å²) in [4.78, 5) is 9.96. The number of fused-ring (bicyclic) bond motifs is 2. The fourth-order valence-electron chi connectivity index (χ4n) is 4.24. The Morgan fingerprint density at radius 2 is 1.59 bits per heavy atom. The molecule has 0 saturated heterocycles. The van der Waals surface area contributed by atoms with Crippen LogP contribution in [0.5, 0.6) is 11.5 Å².